The van der Waals surface area contributed by atoms with Crippen molar-refractivity contribution in [3.05, 3.63) is 89.7 Å². The highest BCUT2D eigenvalue weighted by atomic mass is 19.1. The molecule has 1 heterocycles. The first-order chi connectivity index (χ1) is 16.6. The number of nitrogens with zero attached hydrogens (tertiary/aromatic N) is 3. The van der Waals surface area contributed by atoms with E-state index in [1.165, 1.54) is 17.7 Å². The topological polar surface area (TPSA) is 69.0 Å². The van der Waals surface area contributed by atoms with E-state index in [9.17, 15) is 9.18 Å². The molecule has 0 saturated heterocycles. The maximum absolute atomic E-state index is 13.8. The minimum atomic E-state index is -0.360. The molecular weight excluding hydrogens is 431 g/mol. The minimum absolute atomic E-state index is 0.172. The number of anilines is 1. The largest absolute Gasteiger partial charge is 0.463 e. The number of hydrogen-bond acceptors (Lipinski definition) is 4. The Bertz CT molecular complexity index is 1250. The molecule has 0 unspecified atom stereocenters. The number of carbonyl (C=O) groups is 1. The summed E-state index contributed by atoms with van der Waals surface area (Å²) >= 11 is 0. The van der Waals surface area contributed by atoms with Gasteiger partial charge in [-0.2, -0.15) is 4.98 Å². The summed E-state index contributed by atoms with van der Waals surface area (Å²) in [5.41, 5.74) is 3.78. The molecule has 0 fully saturated rings. The lowest BCUT2D eigenvalue weighted by Crippen LogP contribution is -2.12. The van der Waals surface area contributed by atoms with Crippen molar-refractivity contribution in [3.63, 3.8) is 0 Å². The van der Waals surface area contributed by atoms with Crippen molar-refractivity contribution in [2.45, 2.75) is 33.1 Å². The Morgan fingerprint density at radius 2 is 1.79 bits per heavy atom. The van der Waals surface area contributed by atoms with Crippen LogP contribution in [-0.2, 0) is 6.42 Å². The highest BCUT2D eigenvalue weighted by Gasteiger charge is 2.15. The number of hydrogen-bond donors (Lipinski definition) is 1. The Balaban J connectivity index is 1.53. The lowest BCUT2D eigenvalue weighted by Gasteiger charge is -2.09. The lowest BCUT2D eigenvalue weighted by atomic mass is 10.1. The summed E-state index contributed by atoms with van der Waals surface area (Å²) in [7, 11) is 0. The van der Waals surface area contributed by atoms with E-state index in [4.69, 9.17) is 4.74 Å². The first kappa shape index (κ1) is 23.2. The third kappa shape index (κ3) is 5.49. The van der Waals surface area contributed by atoms with Crippen molar-refractivity contribution in [1.29, 1.82) is 0 Å². The SMILES string of the molecule is CCCCc1ccc(C(=O)Nc2ccc(-n3nc(OCC)nc3-c3cccc(F)c3)cc2)cc1. The molecule has 1 aromatic heterocycles. The number of nitrogens with one attached hydrogen (secondary N) is 1. The first-order valence-corrected chi connectivity index (χ1v) is 11.4. The molecule has 1 N–H and O–H groups in total. The molecule has 174 valence electrons. The highest BCUT2D eigenvalue weighted by molar-refractivity contribution is 6.04. The standard InChI is InChI=1S/C27H27FN4O2/c1-3-5-7-19-10-12-20(13-11-19)26(33)29-23-14-16-24(17-15-23)32-25(30-27(31-32)34-4-2)21-8-6-9-22(28)18-21/h6,8-18H,3-5,7H2,1-2H3,(H,29,33). The summed E-state index contributed by atoms with van der Waals surface area (Å²) in [6, 6.07) is 21.3. The van der Waals surface area contributed by atoms with Crippen molar-refractivity contribution in [2.75, 3.05) is 11.9 Å². The molecule has 0 aliphatic rings. The molecule has 0 aliphatic carbocycles. The van der Waals surface area contributed by atoms with E-state index in [0.29, 0.717) is 34.9 Å². The fraction of sp³-hybridized carbons (Fsp3) is 0.222. The third-order valence-corrected chi connectivity index (χ3v) is 5.35. The van der Waals surface area contributed by atoms with Gasteiger partial charge in [0.25, 0.3) is 5.91 Å². The number of carbonyl (C=O) groups excluding carboxylic acids is 1. The molecule has 0 atom stereocenters. The number of ether oxygens (including phenoxy) is 1. The molecule has 34 heavy (non-hydrogen) atoms. The molecule has 1 amide bonds. The van der Waals surface area contributed by atoms with Crippen LogP contribution in [-0.4, -0.2) is 27.3 Å². The molecule has 0 saturated carbocycles. The van der Waals surface area contributed by atoms with Crippen molar-refractivity contribution < 1.29 is 13.9 Å². The molecule has 4 rings (SSSR count). The van der Waals surface area contributed by atoms with E-state index < -0.39 is 0 Å². The summed E-state index contributed by atoms with van der Waals surface area (Å²) < 4.78 is 20.9. The molecule has 0 spiro atoms. The van der Waals surface area contributed by atoms with Gasteiger partial charge in [0.1, 0.15) is 5.82 Å². The van der Waals surface area contributed by atoms with Crippen LogP contribution in [0.1, 0.15) is 42.6 Å². The normalized spacial score (nSPS) is 10.8. The van der Waals surface area contributed by atoms with E-state index in [0.717, 1.165) is 19.3 Å². The van der Waals surface area contributed by atoms with E-state index in [1.54, 1.807) is 28.9 Å². The maximum atomic E-state index is 13.8. The quantitative estimate of drug-likeness (QED) is 0.331. The van der Waals surface area contributed by atoms with Crippen molar-refractivity contribution in [2.24, 2.45) is 0 Å². The summed E-state index contributed by atoms with van der Waals surface area (Å²) in [5.74, 6) is -0.0704. The van der Waals surface area contributed by atoms with Crippen LogP contribution in [0.15, 0.2) is 72.8 Å². The Hall–Kier alpha value is -4.00. The van der Waals surface area contributed by atoms with Crippen molar-refractivity contribution >= 4 is 11.6 Å². The Morgan fingerprint density at radius 1 is 1.03 bits per heavy atom. The molecule has 6 nitrogen and oxygen atoms in total. The predicted octanol–water partition coefficient (Wildman–Crippen LogP) is 6.07. The summed E-state index contributed by atoms with van der Waals surface area (Å²) in [6.07, 6.45) is 3.30. The van der Waals surface area contributed by atoms with Crippen LogP contribution in [0.25, 0.3) is 17.1 Å². The summed E-state index contributed by atoms with van der Waals surface area (Å²) in [6.45, 7) is 4.42. The zero-order valence-corrected chi connectivity index (χ0v) is 19.3. The molecule has 3 aromatic carbocycles. The van der Waals surface area contributed by atoms with E-state index >= 15 is 0 Å². The average molecular weight is 459 g/mol. The van der Waals surface area contributed by atoms with Crippen molar-refractivity contribution in [1.82, 2.24) is 14.8 Å². The Morgan fingerprint density at radius 3 is 2.47 bits per heavy atom. The zero-order valence-electron chi connectivity index (χ0n) is 19.3. The minimum Gasteiger partial charge on any atom is -0.463 e. The van der Waals surface area contributed by atoms with Gasteiger partial charge in [-0.25, -0.2) is 9.07 Å². The van der Waals surface area contributed by atoms with Crippen LogP contribution < -0.4 is 10.1 Å². The van der Waals surface area contributed by atoms with E-state index in [2.05, 4.69) is 22.3 Å². The second-order valence-electron chi connectivity index (χ2n) is 7.87. The number of unbranched alkanes of at least 4 members (excludes halogenated alkanes) is 1. The number of aromatic nitrogens is 3. The number of benzene rings is 3. The number of rotatable bonds is 9. The van der Waals surface area contributed by atoms with Gasteiger partial charge < -0.3 is 10.1 Å². The van der Waals surface area contributed by atoms with Crippen LogP contribution in [0.3, 0.4) is 0 Å². The van der Waals surface area contributed by atoms with Gasteiger partial charge in [-0.15, -0.1) is 5.10 Å². The van der Waals surface area contributed by atoms with E-state index in [1.807, 2.05) is 43.3 Å². The number of aryl methyl sites for hydroxylation is 1. The van der Waals surface area contributed by atoms with Gasteiger partial charge in [-0.1, -0.05) is 37.6 Å². The maximum Gasteiger partial charge on any atom is 0.336 e. The van der Waals surface area contributed by atoms with E-state index in [-0.39, 0.29) is 17.7 Å². The van der Waals surface area contributed by atoms with Gasteiger partial charge in [0.05, 0.1) is 12.3 Å². The molecule has 0 aliphatic heterocycles. The van der Waals surface area contributed by atoms with Gasteiger partial charge in [-0.05, 0) is 73.9 Å². The Kier molecular flexibility index (Phi) is 7.32. The first-order valence-electron chi connectivity index (χ1n) is 11.4. The number of halogens is 1. The molecule has 7 heteroatoms. The fourth-order valence-electron chi connectivity index (χ4n) is 3.57. The molecule has 0 bridgehead atoms. The monoisotopic (exact) mass is 458 g/mol. The molecule has 0 radical (unpaired) electrons. The van der Waals surface area contributed by atoms with Gasteiger partial charge in [0.2, 0.25) is 0 Å². The van der Waals surface area contributed by atoms with Crippen molar-refractivity contribution in [3.8, 4) is 23.1 Å². The molecule has 4 aromatic rings. The van der Waals surface area contributed by atoms with Gasteiger partial charge in [-0.3, -0.25) is 4.79 Å². The summed E-state index contributed by atoms with van der Waals surface area (Å²) in [5, 5.41) is 7.34. The van der Waals surface area contributed by atoms with Gasteiger partial charge >= 0.3 is 6.01 Å². The lowest BCUT2D eigenvalue weighted by molar-refractivity contribution is 0.102. The number of amides is 1. The highest BCUT2D eigenvalue weighted by Crippen LogP contribution is 2.25. The smallest absolute Gasteiger partial charge is 0.336 e. The van der Waals surface area contributed by atoms with Crippen LogP contribution in [0.2, 0.25) is 0 Å². The fourth-order valence-corrected chi connectivity index (χ4v) is 3.57. The second-order valence-corrected chi connectivity index (χ2v) is 7.87. The molecular formula is C27H27FN4O2. The zero-order chi connectivity index (χ0) is 23.9. The van der Waals surface area contributed by atoms with Gasteiger partial charge in [0, 0.05) is 16.8 Å². The van der Waals surface area contributed by atoms with Crippen LogP contribution in [0.5, 0.6) is 6.01 Å². The predicted molar refractivity (Wildman–Crippen MR) is 131 cm³/mol. The third-order valence-electron chi connectivity index (χ3n) is 5.35. The Labute approximate surface area is 198 Å². The van der Waals surface area contributed by atoms with Crippen LogP contribution in [0, 0.1) is 5.82 Å². The van der Waals surface area contributed by atoms with Crippen LogP contribution in [0.4, 0.5) is 10.1 Å². The second kappa shape index (κ2) is 10.7. The van der Waals surface area contributed by atoms with Crippen LogP contribution >= 0.6 is 0 Å². The average Bonchev–Trinajstić information content (AvgIpc) is 3.28. The summed E-state index contributed by atoms with van der Waals surface area (Å²) in [4.78, 5) is 17.1. The van der Waals surface area contributed by atoms with Gasteiger partial charge in [0.15, 0.2) is 5.82 Å².